The summed E-state index contributed by atoms with van der Waals surface area (Å²) in [6, 6.07) is 15.1. The number of rotatable bonds is 8. The van der Waals surface area contributed by atoms with Gasteiger partial charge in [0.25, 0.3) is 5.91 Å². The van der Waals surface area contributed by atoms with Crippen LogP contribution < -0.4 is 15.4 Å². The lowest BCUT2D eigenvalue weighted by Crippen LogP contribution is -2.48. The van der Waals surface area contributed by atoms with E-state index in [0.29, 0.717) is 25.1 Å². The van der Waals surface area contributed by atoms with Crippen LogP contribution in [0.25, 0.3) is 10.9 Å². The molecule has 2 aromatic heterocycles. The summed E-state index contributed by atoms with van der Waals surface area (Å²) in [6.45, 7) is 0.489. The Bertz CT molecular complexity index is 1200. The van der Waals surface area contributed by atoms with Gasteiger partial charge in [-0.2, -0.15) is 5.26 Å². The van der Waals surface area contributed by atoms with Crippen molar-refractivity contribution < 1.29 is 14.3 Å². The highest BCUT2D eigenvalue weighted by Crippen LogP contribution is 2.27. The molecule has 0 bridgehead atoms. The van der Waals surface area contributed by atoms with Crippen molar-refractivity contribution in [1.82, 2.24) is 20.2 Å². The van der Waals surface area contributed by atoms with Crippen LogP contribution in [-0.2, 0) is 18.3 Å². The third-order valence-corrected chi connectivity index (χ3v) is 6.36. The maximum atomic E-state index is 13.1. The lowest BCUT2D eigenvalue weighted by molar-refractivity contribution is -0.126. The van der Waals surface area contributed by atoms with Crippen LogP contribution >= 0.6 is 0 Å². The fraction of sp³-hybridized carbons (Fsp3) is 0.385. The van der Waals surface area contributed by atoms with Gasteiger partial charge in [0.1, 0.15) is 18.0 Å². The molecule has 1 saturated carbocycles. The van der Waals surface area contributed by atoms with Gasteiger partial charge in [0.15, 0.2) is 0 Å². The Labute approximate surface area is 198 Å². The quantitative estimate of drug-likeness (QED) is 0.503. The predicted molar refractivity (Wildman–Crippen MR) is 128 cm³/mol. The number of ether oxygens (including phenoxy) is 1. The summed E-state index contributed by atoms with van der Waals surface area (Å²) in [7, 11) is 1.85. The summed E-state index contributed by atoms with van der Waals surface area (Å²) in [6.07, 6.45) is 5.83. The van der Waals surface area contributed by atoms with Crippen molar-refractivity contribution in [3.8, 4) is 11.8 Å². The summed E-state index contributed by atoms with van der Waals surface area (Å²) in [5.41, 5.74) is 2.40. The molecule has 2 amide bonds. The molecule has 8 heteroatoms. The highest BCUT2D eigenvalue weighted by molar-refractivity contribution is 5.99. The van der Waals surface area contributed by atoms with Gasteiger partial charge in [-0.3, -0.25) is 14.6 Å². The van der Waals surface area contributed by atoms with Gasteiger partial charge in [-0.1, -0.05) is 18.9 Å². The highest BCUT2D eigenvalue weighted by atomic mass is 16.5. The number of hydrogen-bond acceptors (Lipinski definition) is 5. The molecular weight excluding hydrogens is 430 g/mol. The summed E-state index contributed by atoms with van der Waals surface area (Å²) in [4.78, 5) is 29.9. The minimum atomic E-state index is -0.320. The Hall–Kier alpha value is -3.86. The number of nitriles is 1. The largest absolute Gasteiger partial charge is 0.493 e. The Kier molecular flexibility index (Phi) is 7.43. The van der Waals surface area contributed by atoms with E-state index in [4.69, 9.17) is 10.00 Å². The molecule has 2 heterocycles. The minimum absolute atomic E-state index is 0.0224. The highest BCUT2D eigenvalue weighted by Gasteiger charge is 2.32. The number of benzene rings is 1. The average molecular weight is 460 g/mol. The van der Waals surface area contributed by atoms with Gasteiger partial charge in [-0.25, -0.2) is 0 Å². The van der Waals surface area contributed by atoms with E-state index in [9.17, 15) is 9.59 Å². The average Bonchev–Trinajstić information content (AvgIpc) is 3.19. The zero-order valence-electron chi connectivity index (χ0n) is 19.3. The molecule has 1 fully saturated rings. The van der Waals surface area contributed by atoms with Crippen LogP contribution in [-0.4, -0.2) is 40.6 Å². The van der Waals surface area contributed by atoms with Gasteiger partial charge in [0.2, 0.25) is 5.91 Å². The molecule has 1 aliphatic carbocycles. The molecule has 176 valence electrons. The molecule has 1 aliphatic rings. The van der Waals surface area contributed by atoms with Gasteiger partial charge in [-0.05, 0) is 43.2 Å². The van der Waals surface area contributed by atoms with Crippen molar-refractivity contribution in [2.24, 2.45) is 13.0 Å². The topological polar surface area (TPSA) is 109 Å². The van der Waals surface area contributed by atoms with E-state index in [0.717, 1.165) is 41.6 Å². The van der Waals surface area contributed by atoms with Crippen LogP contribution in [0.15, 0.2) is 48.7 Å². The number of aromatic nitrogens is 2. The number of hydrogen-bond donors (Lipinski definition) is 2. The van der Waals surface area contributed by atoms with Crippen LogP contribution in [0.1, 0.15) is 41.9 Å². The second kappa shape index (κ2) is 10.8. The van der Waals surface area contributed by atoms with Crippen LogP contribution in [0.4, 0.5) is 0 Å². The predicted octanol–water partition coefficient (Wildman–Crippen LogP) is 3.12. The SMILES string of the molecule is Cn1c(C(=O)N[C@H]2CCCC[C@H]2C(=O)NCC#N)cc2ccc(OCCc3ccccn3)cc21. The Morgan fingerprint density at radius 3 is 2.85 bits per heavy atom. The van der Waals surface area contributed by atoms with Crippen molar-refractivity contribution in [1.29, 1.82) is 5.26 Å². The first-order valence-electron chi connectivity index (χ1n) is 11.6. The second-order valence-corrected chi connectivity index (χ2v) is 8.58. The third kappa shape index (κ3) is 5.37. The summed E-state index contributed by atoms with van der Waals surface area (Å²) >= 11 is 0. The van der Waals surface area contributed by atoms with E-state index in [2.05, 4.69) is 15.6 Å². The molecule has 0 aliphatic heterocycles. The maximum Gasteiger partial charge on any atom is 0.268 e. The molecule has 34 heavy (non-hydrogen) atoms. The zero-order chi connectivity index (χ0) is 23.9. The minimum Gasteiger partial charge on any atom is -0.493 e. The number of carbonyl (C=O) groups excluding carboxylic acids is 2. The van der Waals surface area contributed by atoms with E-state index in [1.165, 1.54) is 0 Å². The summed E-state index contributed by atoms with van der Waals surface area (Å²) < 4.78 is 7.77. The first-order valence-corrected chi connectivity index (χ1v) is 11.6. The fourth-order valence-corrected chi connectivity index (χ4v) is 4.55. The van der Waals surface area contributed by atoms with Gasteiger partial charge >= 0.3 is 0 Å². The van der Waals surface area contributed by atoms with Gasteiger partial charge in [-0.15, -0.1) is 0 Å². The van der Waals surface area contributed by atoms with Gasteiger partial charge < -0.3 is 19.9 Å². The number of fused-ring (bicyclic) bond motifs is 1. The van der Waals surface area contributed by atoms with E-state index < -0.39 is 0 Å². The van der Waals surface area contributed by atoms with E-state index in [1.54, 1.807) is 6.20 Å². The normalized spacial score (nSPS) is 17.6. The second-order valence-electron chi connectivity index (χ2n) is 8.58. The van der Waals surface area contributed by atoms with Crippen molar-refractivity contribution >= 4 is 22.7 Å². The number of nitrogens with one attached hydrogen (secondary N) is 2. The third-order valence-electron chi connectivity index (χ3n) is 6.36. The summed E-state index contributed by atoms with van der Waals surface area (Å²) in [5.74, 6) is 0.0373. The molecule has 0 spiro atoms. The lowest BCUT2D eigenvalue weighted by Gasteiger charge is -2.31. The Morgan fingerprint density at radius 1 is 1.21 bits per heavy atom. The smallest absolute Gasteiger partial charge is 0.268 e. The van der Waals surface area contributed by atoms with Crippen LogP contribution in [0.2, 0.25) is 0 Å². The Balaban J connectivity index is 1.43. The molecule has 2 N–H and O–H groups in total. The van der Waals surface area contributed by atoms with Crippen LogP contribution in [0.5, 0.6) is 5.75 Å². The molecule has 3 aromatic rings. The van der Waals surface area contributed by atoms with Crippen LogP contribution in [0, 0.1) is 17.2 Å². The van der Waals surface area contributed by atoms with Crippen molar-refractivity contribution in [3.05, 3.63) is 60.0 Å². The first-order chi connectivity index (χ1) is 16.6. The summed E-state index contributed by atoms with van der Waals surface area (Å²) in [5, 5.41) is 15.4. The molecular formula is C26H29N5O3. The molecule has 0 saturated heterocycles. The first kappa shape index (κ1) is 23.3. The number of aryl methyl sites for hydroxylation is 1. The number of carbonyl (C=O) groups is 2. The van der Waals surface area contributed by atoms with Crippen molar-refractivity contribution in [2.75, 3.05) is 13.2 Å². The molecule has 8 nitrogen and oxygen atoms in total. The maximum absolute atomic E-state index is 13.1. The standard InChI is InChI=1S/C26H29N5O3/c1-31-23-17-20(34-15-11-19-6-4-5-13-28-19)10-9-18(23)16-24(31)26(33)30-22-8-3-2-7-21(22)25(32)29-14-12-27/h4-6,9-10,13,16-17,21-22H,2-3,7-8,11,14-15H2,1H3,(H,29,32)(H,30,33)/t21-,22+/m1/s1. The molecule has 0 radical (unpaired) electrons. The van der Waals surface area contributed by atoms with Gasteiger partial charge in [0, 0.05) is 42.9 Å². The van der Waals surface area contributed by atoms with E-state index in [-0.39, 0.29) is 30.3 Å². The fourth-order valence-electron chi connectivity index (χ4n) is 4.55. The molecule has 2 atom stereocenters. The lowest BCUT2D eigenvalue weighted by atomic mass is 9.83. The van der Waals surface area contributed by atoms with E-state index >= 15 is 0 Å². The van der Waals surface area contributed by atoms with Crippen molar-refractivity contribution in [3.63, 3.8) is 0 Å². The van der Waals surface area contributed by atoms with Crippen LogP contribution in [0.3, 0.4) is 0 Å². The van der Waals surface area contributed by atoms with Gasteiger partial charge in [0.05, 0.1) is 24.1 Å². The van der Waals surface area contributed by atoms with Crippen molar-refractivity contribution in [2.45, 2.75) is 38.1 Å². The van der Waals surface area contributed by atoms with E-state index in [1.807, 2.05) is 60.1 Å². The monoisotopic (exact) mass is 459 g/mol. The number of amides is 2. The molecule has 0 unspecified atom stereocenters. The molecule has 1 aromatic carbocycles. The Morgan fingerprint density at radius 2 is 2.06 bits per heavy atom. The zero-order valence-corrected chi connectivity index (χ0v) is 19.3. The number of nitrogens with zero attached hydrogens (tertiary/aromatic N) is 3. The molecule has 4 rings (SSSR count). The number of pyridine rings is 1.